The van der Waals surface area contributed by atoms with Crippen LogP contribution in [0.2, 0.25) is 0 Å². The lowest BCUT2D eigenvalue weighted by Crippen LogP contribution is -2.41. The second kappa shape index (κ2) is 12.8. The van der Waals surface area contributed by atoms with E-state index in [1.807, 2.05) is 0 Å². The lowest BCUT2D eigenvalue weighted by Gasteiger charge is -2.27. The molecular formula is C17H26O10. The zero-order chi connectivity index (χ0) is 20.9. The highest BCUT2D eigenvalue weighted by atomic mass is 16.5. The lowest BCUT2D eigenvalue weighted by molar-refractivity contribution is -0.163. The molecule has 0 saturated heterocycles. The largest absolute Gasteiger partial charge is 0.481 e. The zero-order valence-corrected chi connectivity index (χ0v) is 15.5. The smallest absolute Gasteiger partial charge is 0.332 e. The molecule has 0 spiro atoms. The minimum atomic E-state index is -2.37. The van der Waals surface area contributed by atoms with Gasteiger partial charge in [0.05, 0.1) is 26.1 Å². The van der Waals surface area contributed by atoms with Gasteiger partial charge in [-0.05, 0) is 0 Å². The predicted octanol–water partition coefficient (Wildman–Crippen LogP) is 0.638. The van der Waals surface area contributed by atoms with Crippen LogP contribution < -0.4 is 0 Å². The molecule has 0 aromatic heterocycles. The fourth-order valence-electron chi connectivity index (χ4n) is 2.13. The molecule has 0 rings (SSSR count). The van der Waals surface area contributed by atoms with Crippen molar-refractivity contribution in [2.75, 3.05) is 40.6 Å². The van der Waals surface area contributed by atoms with E-state index in [4.69, 9.17) is 18.9 Å². The Balaban J connectivity index is 5.21. The van der Waals surface area contributed by atoms with Crippen molar-refractivity contribution in [3.63, 3.8) is 0 Å². The first-order chi connectivity index (χ1) is 12.7. The molecule has 0 unspecified atom stereocenters. The maximum Gasteiger partial charge on any atom is 0.332 e. The third kappa shape index (κ3) is 8.65. The summed E-state index contributed by atoms with van der Waals surface area (Å²) < 4.78 is 19.4. The molecule has 0 saturated carbocycles. The first-order valence-electron chi connectivity index (χ1n) is 8.16. The Bertz CT molecular complexity index is 514. The molecule has 27 heavy (non-hydrogen) atoms. The minimum Gasteiger partial charge on any atom is -0.481 e. The Morgan fingerprint density at radius 1 is 0.815 bits per heavy atom. The van der Waals surface area contributed by atoms with E-state index in [1.165, 1.54) is 14.2 Å². The third-order valence-corrected chi connectivity index (χ3v) is 3.65. The molecule has 10 nitrogen and oxygen atoms in total. The quantitative estimate of drug-likeness (QED) is 0.232. The fraction of sp³-hybridized carbons (Fsp3) is 0.647. The van der Waals surface area contributed by atoms with Crippen LogP contribution in [0.5, 0.6) is 0 Å². The topological polar surface area (TPSA) is 146 Å². The Morgan fingerprint density at radius 3 is 1.52 bits per heavy atom. The summed E-state index contributed by atoms with van der Waals surface area (Å²) in [5.74, 6) is -5.26. The molecule has 0 atom stereocenters. The molecular weight excluding hydrogens is 364 g/mol. The number of carbonyl (C=O) groups is 4. The SMILES string of the molecule is C=C(C(=O)O)C(CC(=O)OCCCOC)(CC(=O)OCCCOC)C(=O)O. The van der Waals surface area contributed by atoms with E-state index in [0.29, 0.717) is 26.1 Å². The number of esters is 2. The van der Waals surface area contributed by atoms with Crippen molar-refractivity contribution in [1.29, 1.82) is 0 Å². The minimum absolute atomic E-state index is 0.0383. The number of hydrogen-bond donors (Lipinski definition) is 2. The van der Waals surface area contributed by atoms with Crippen LogP contribution in [-0.4, -0.2) is 74.7 Å². The van der Waals surface area contributed by atoms with E-state index < -0.39 is 47.7 Å². The van der Waals surface area contributed by atoms with Gasteiger partial charge in [-0.1, -0.05) is 6.58 Å². The summed E-state index contributed by atoms with van der Waals surface area (Å²) in [6.07, 6.45) is -0.977. The van der Waals surface area contributed by atoms with Gasteiger partial charge in [0.15, 0.2) is 0 Å². The summed E-state index contributed by atoms with van der Waals surface area (Å²) in [6, 6.07) is 0. The first-order valence-corrected chi connectivity index (χ1v) is 8.16. The van der Waals surface area contributed by atoms with Crippen LogP contribution in [0.4, 0.5) is 0 Å². The van der Waals surface area contributed by atoms with Crippen molar-refractivity contribution < 1.29 is 48.3 Å². The molecule has 0 aromatic carbocycles. The summed E-state index contributed by atoms with van der Waals surface area (Å²) in [4.78, 5) is 47.1. The molecule has 154 valence electrons. The monoisotopic (exact) mass is 390 g/mol. The van der Waals surface area contributed by atoms with Gasteiger partial charge in [-0.3, -0.25) is 14.4 Å². The maximum absolute atomic E-state index is 12.0. The number of hydrogen-bond acceptors (Lipinski definition) is 8. The molecule has 0 bridgehead atoms. The second-order valence-electron chi connectivity index (χ2n) is 5.66. The Kier molecular flexibility index (Phi) is 11.7. The fourth-order valence-corrected chi connectivity index (χ4v) is 2.13. The van der Waals surface area contributed by atoms with Gasteiger partial charge in [0.25, 0.3) is 0 Å². The Hall–Kier alpha value is -2.46. The zero-order valence-electron chi connectivity index (χ0n) is 15.5. The van der Waals surface area contributed by atoms with E-state index >= 15 is 0 Å². The summed E-state index contributed by atoms with van der Waals surface area (Å²) in [5, 5.41) is 18.8. The highest BCUT2D eigenvalue weighted by molar-refractivity contribution is 6.00. The predicted molar refractivity (Wildman–Crippen MR) is 91.0 cm³/mol. The third-order valence-electron chi connectivity index (χ3n) is 3.65. The molecule has 2 N–H and O–H groups in total. The number of carboxylic acids is 2. The van der Waals surface area contributed by atoms with Gasteiger partial charge >= 0.3 is 23.9 Å². The summed E-state index contributed by atoms with van der Waals surface area (Å²) in [6.45, 7) is 3.81. The molecule has 0 amide bonds. The molecule has 0 aliphatic carbocycles. The van der Waals surface area contributed by atoms with Crippen molar-refractivity contribution in [2.24, 2.45) is 5.41 Å². The molecule has 10 heteroatoms. The van der Waals surface area contributed by atoms with Gasteiger partial charge in [0, 0.05) is 45.8 Å². The van der Waals surface area contributed by atoms with Crippen LogP contribution >= 0.6 is 0 Å². The van der Waals surface area contributed by atoms with E-state index in [1.54, 1.807) is 0 Å². The normalized spacial score (nSPS) is 10.9. The van der Waals surface area contributed by atoms with Crippen LogP contribution in [-0.2, 0) is 38.1 Å². The van der Waals surface area contributed by atoms with Crippen molar-refractivity contribution in [1.82, 2.24) is 0 Å². The molecule has 0 radical (unpaired) electrons. The summed E-state index contributed by atoms with van der Waals surface area (Å²) in [7, 11) is 2.93. The average Bonchev–Trinajstić information content (AvgIpc) is 2.60. The number of ether oxygens (including phenoxy) is 4. The Morgan fingerprint density at radius 2 is 1.22 bits per heavy atom. The van der Waals surface area contributed by atoms with Crippen molar-refractivity contribution >= 4 is 23.9 Å². The van der Waals surface area contributed by atoms with Gasteiger partial charge in [-0.25, -0.2) is 4.79 Å². The van der Waals surface area contributed by atoms with Gasteiger partial charge in [0.2, 0.25) is 0 Å². The van der Waals surface area contributed by atoms with E-state index in [2.05, 4.69) is 6.58 Å². The maximum atomic E-state index is 12.0. The number of carboxylic acid groups (broad SMARTS) is 2. The lowest BCUT2D eigenvalue weighted by atomic mass is 9.75. The van der Waals surface area contributed by atoms with Crippen molar-refractivity contribution in [3.05, 3.63) is 12.2 Å². The Labute approximate surface area is 157 Å². The summed E-state index contributed by atoms with van der Waals surface area (Å²) in [5.41, 5.74) is -3.18. The average molecular weight is 390 g/mol. The van der Waals surface area contributed by atoms with E-state index in [0.717, 1.165) is 0 Å². The van der Waals surface area contributed by atoms with Crippen LogP contribution in [0, 0.1) is 5.41 Å². The number of aliphatic carboxylic acids is 2. The van der Waals surface area contributed by atoms with Crippen LogP contribution in [0.25, 0.3) is 0 Å². The van der Waals surface area contributed by atoms with Gasteiger partial charge in [-0.15, -0.1) is 0 Å². The number of rotatable bonds is 15. The summed E-state index contributed by atoms with van der Waals surface area (Å²) >= 11 is 0. The molecule has 0 fully saturated rings. The van der Waals surface area contributed by atoms with Crippen molar-refractivity contribution in [3.8, 4) is 0 Å². The van der Waals surface area contributed by atoms with E-state index in [-0.39, 0.29) is 13.2 Å². The van der Waals surface area contributed by atoms with Gasteiger partial charge in [0.1, 0.15) is 5.41 Å². The standard InChI is InChI=1S/C17H26O10/c1-12(15(20)21)17(16(22)23,10-13(18)26-8-4-6-24-2)11-14(19)27-9-5-7-25-3/h1,4-11H2,2-3H3,(H,20,21)(H,22,23). The number of carbonyl (C=O) groups excluding carboxylic acids is 2. The van der Waals surface area contributed by atoms with Crippen molar-refractivity contribution in [2.45, 2.75) is 25.7 Å². The first kappa shape index (κ1) is 24.5. The molecule has 0 aliphatic rings. The second-order valence-corrected chi connectivity index (χ2v) is 5.66. The molecule has 0 aliphatic heterocycles. The molecule has 0 heterocycles. The number of methoxy groups -OCH3 is 2. The highest BCUT2D eigenvalue weighted by Crippen LogP contribution is 2.36. The van der Waals surface area contributed by atoms with Gasteiger partial charge in [-0.2, -0.15) is 0 Å². The van der Waals surface area contributed by atoms with Gasteiger partial charge < -0.3 is 29.2 Å². The van der Waals surface area contributed by atoms with Crippen LogP contribution in [0.3, 0.4) is 0 Å². The van der Waals surface area contributed by atoms with Crippen LogP contribution in [0.1, 0.15) is 25.7 Å². The van der Waals surface area contributed by atoms with Crippen LogP contribution in [0.15, 0.2) is 12.2 Å². The molecule has 0 aromatic rings. The van der Waals surface area contributed by atoms with E-state index in [9.17, 15) is 29.4 Å². The highest BCUT2D eigenvalue weighted by Gasteiger charge is 2.49.